The Hall–Kier alpha value is -2.52. The molecular formula is C18H19ClN4O4S. The lowest BCUT2D eigenvalue weighted by Gasteiger charge is -2.23. The molecule has 2 saturated heterocycles. The number of carbonyl (C=O) groups is 4. The Kier molecular flexibility index (Phi) is 6.25. The summed E-state index contributed by atoms with van der Waals surface area (Å²) in [6, 6.07) is 5.28. The van der Waals surface area contributed by atoms with Crippen LogP contribution in [0, 0.1) is 0 Å². The van der Waals surface area contributed by atoms with Crippen molar-refractivity contribution < 1.29 is 19.2 Å². The smallest absolute Gasteiger partial charge is 0.290 e. The van der Waals surface area contributed by atoms with E-state index in [0.717, 1.165) is 29.4 Å². The number of rotatable bonds is 5. The fourth-order valence-electron chi connectivity index (χ4n) is 3.11. The van der Waals surface area contributed by atoms with Gasteiger partial charge in [0.15, 0.2) is 0 Å². The van der Waals surface area contributed by atoms with E-state index < -0.39 is 11.1 Å². The molecule has 0 radical (unpaired) electrons. The van der Waals surface area contributed by atoms with Crippen molar-refractivity contribution in [3.63, 3.8) is 0 Å². The highest BCUT2D eigenvalue weighted by Crippen LogP contribution is 2.35. The number of anilines is 1. The lowest BCUT2D eigenvalue weighted by atomic mass is 10.1. The van der Waals surface area contributed by atoms with E-state index in [4.69, 9.17) is 11.6 Å². The quantitative estimate of drug-likeness (QED) is 0.620. The number of nitrogens with one attached hydrogen (secondary N) is 3. The Bertz CT molecular complexity index is 873. The summed E-state index contributed by atoms with van der Waals surface area (Å²) in [5.41, 5.74) is 1.48. The summed E-state index contributed by atoms with van der Waals surface area (Å²) in [5, 5.41) is 7.71. The normalized spacial score (nSPS) is 20.4. The van der Waals surface area contributed by atoms with Crippen molar-refractivity contribution in [2.75, 3.05) is 24.5 Å². The standard InChI is InChI=1S/C18H19ClN4O4S/c1-10(24)20-8-15(25)21-12-5-6-23(9-12)16-11(3-2-4-13(16)19)7-14-17(26)22-18(27)28-14/h2-4,7,12H,5-6,8-9H2,1H3,(H,20,24)(H,21,25)(H,22,26,27)/t12-/m0/s1. The molecule has 1 aromatic rings. The third-order valence-corrected chi connectivity index (χ3v) is 5.43. The lowest BCUT2D eigenvalue weighted by Crippen LogP contribution is -2.42. The minimum atomic E-state index is -0.426. The van der Waals surface area contributed by atoms with Gasteiger partial charge in [-0.05, 0) is 30.3 Å². The fraction of sp³-hybridized carbons (Fsp3) is 0.333. The van der Waals surface area contributed by atoms with Crippen LogP contribution in [0.2, 0.25) is 5.02 Å². The van der Waals surface area contributed by atoms with E-state index in [2.05, 4.69) is 16.0 Å². The first kappa shape index (κ1) is 20.2. The number of hydrogen-bond acceptors (Lipinski definition) is 6. The first-order valence-corrected chi connectivity index (χ1v) is 9.85. The molecule has 3 rings (SSSR count). The maximum Gasteiger partial charge on any atom is 0.290 e. The second kappa shape index (κ2) is 8.66. The molecule has 1 atom stereocenters. The third kappa shape index (κ3) is 4.85. The first-order valence-electron chi connectivity index (χ1n) is 8.65. The largest absolute Gasteiger partial charge is 0.368 e. The molecule has 1 aromatic carbocycles. The first-order chi connectivity index (χ1) is 13.3. The molecule has 2 aliphatic rings. The van der Waals surface area contributed by atoms with Gasteiger partial charge in [-0.15, -0.1) is 0 Å². The molecule has 8 nitrogen and oxygen atoms in total. The number of thioether (sulfide) groups is 1. The summed E-state index contributed by atoms with van der Waals surface area (Å²) in [4.78, 5) is 48.4. The van der Waals surface area contributed by atoms with Crippen molar-refractivity contribution in [3.8, 4) is 0 Å². The van der Waals surface area contributed by atoms with E-state index in [1.54, 1.807) is 18.2 Å². The molecule has 2 fully saturated rings. The SMILES string of the molecule is CC(=O)NCC(=O)N[C@H]1CCN(c2c(Cl)cccc2C=C2SC(=O)NC2=O)C1. The Labute approximate surface area is 171 Å². The van der Waals surface area contributed by atoms with E-state index in [9.17, 15) is 19.2 Å². The van der Waals surface area contributed by atoms with Gasteiger partial charge in [0.05, 0.1) is 22.2 Å². The molecule has 28 heavy (non-hydrogen) atoms. The Balaban J connectivity index is 1.73. The molecule has 148 valence electrons. The summed E-state index contributed by atoms with van der Waals surface area (Å²) in [5.74, 6) is -0.934. The van der Waals surface area contributed by atoms with Gasteiger partial charge in [-0.25, -0.2) is 0 Å². The van der Waals surface area contributed by atoms with E-state index in [1.165, 1.54) is 6.92 Å². The molecule has 0 aromatic heterocycles. The van der Waals surface area contributed by atoms with Crippen molar-refractivity contribution in [1.82, 2.24) is 16.0 Å². The molecular weight excluding hydrogens is 404 g/mol. The summed E-state index contributed by atoms with van der Waals surface area (Å²) < 4.78 is 0. The number of carbonyl (C=O) groups excluding carboxylic acids is 4. The molecule has 4 amide bonds. The Morgan fingerprint density at radius 3 is 2.86 bits per heavy atom. The third-order valence-electron chi connectivity index (χ3n) is 4.31. The summed E-state index contributed by atoms with van der Waals surface area (Å²) in [6.07, 6.45) is 2.37. The zero-order valence-electron chi connectivity index (χ0n) is 15.1. The molecule has 0 aliphatic carbocycles. The minimum absolute atomic E-state index is 0.0599. The van der Waals surface area contributed by atoms with Crippen LogP contribution in [0.15, 0.2) is 23.1 Å². The van der Waals surface area contributed by atoms with E-state index in [-0.39, 0.29) is 24.4 Å². The molecule has 0 spiro atoms. The molecule has 0 bridgehead atoms. The number of imide groups is 1. The maximum absolute atomic E-state index is 11.9. The van der Waals surface area contributed by atoms with Crippen LogP contribution >= 0.6 is 23.4 Å². The van der Waals surface area contributed by atoms with Gasteiger partial charge in [-0.2, -0.15) is 0 Å². The number of halogens is 1. The van der Waals surface area contributed by atoms with Gasteiger partial charge < -0.3 is 15.5 Å². The van der Waals surface area contributed by atoms with Crippen LogP contribution in [0.1, 0.15) is 18.9 Å². The number of nitrogens with zero attached hydrogens (tertiary/aromatic N) is 1. The van der Waals surface area contributed by atoms with E-state index >= 15 is 0 Å². The van der Waals surface area contributed by atoms with Crippen LogP contribution in [-0.2, 0) is 14.4 Å². The van der Waals surface area contributed by atoms with Gasteiger partial charge in [-0.3, -0.25) is 24.5 Å². The summed E-state index contributed by atoms with van der Waals surface area (Å²) in [7, 11) is 0. The molecule has 2 aliphatic heterocycles. The van der Waals surface area contributed by atoms with Crippen molar-refractivity contribution in [2.45, 2.75) is 19.4 Å². The molecule has 10 heteroatoms. The second-order valence-electron chi connectivity index (χ2n) is 6.44. The van der Waals surface area contributed by atoms with Crippen LogP contribution in [0.5, 0.6) is 0 Å². The van der Waals surface area contributed by atoms with Crippen molar-refractivity contribution in [3.05, 3.63) is 33.7 Å². The predicted molar refractivity (Wildman–Crippen MR) is 108 cm³/mol. The average Bonchev–Trinajstić information content (AvgIpc) is 3.19. The van der Waals surface area contributed by atoms with Gasteiger partial charge in [0.25, 0.3) is 11.1 Å². The highest BCUT2D eigenvalue weighted by atomic mass is 35.5. The van der Waals surface area contributed by atoms with Gasteiger partial charge in [0.2, 0.25) is 11.8 Å². The van der Waals surface area contributed by atoms with Crippen molar-refractivity contribution >= 4 is 58.1 Å². The van der Waals surface area contributed by atoms with Crippen LogP contribution < -0.4 is 20.9 Å². The van der Waals surface area contributed by atoms with Crippen LogP contribution in [0.3, 0.4) is 0 Å². The number of para-hydroxylation sites is 1. The van der Waals surface area contributed by atoms with E-state index in [0.29, 0.717) is 23.0 Å². The fourth-order valence-corrected chi connectivity index (χ4v) is 4.08. The second-order valence-corrected chi connectivity index (χ2v) is 7.86. The highest BCUT2D eigenvalue weighted by molar-refractivity contribution is 8.18. The van der Waals surface area contributed by atoms with Gasteiger partial charge in [-0.1, -0.05) is 23.7 Å². The van der Waals surface area contributed by atoms with E-state index in [1.807, 2.05) is 11.0 Å². The maximum atomic E-state index is 11.9. The van der Waals surface area contributed by atoms with Crippen LogP contribution in [-0.4, -0.2) is 48.6 Å². The monoisotopic (exact) mass is 422 g/mol. The summed E-state index contributed by atoms with van der Waals surface area (Å²) in [6.45, 7) is 2.51. The number of amides is 4. The molecule has 3 N–H and O–H groups in total. The number of benzene rings is 1. The van der Waals surface area contributed by atoms with Crippen LogP contribution in [0.25, 0.3) is 6.08 Å². The highest BCUT2D eigenvalue weighted by Gasteiger charge is 2.29. The number of hydrogen-bond donors (Lipinski definition) is 3. The minimum Gasteiger partial charge on any atom is -0.368 e. The van der Waals surface area contributed by atoms with Crippen molar-refractivity contribution in [1.29, 1.82) is 0 Å². The average molecular weight is 423 g/mol. The van der Waals surface area contributed by atoms with Crippen LogP contribution in [0.4, 0.5) is 10.5 Å². The van der Waals surface area contributed by atoms with Gasteiger partial charge in [0.1, 0.15) is 0 Å². The predicted octanol–water partition coefficient (Wildman–Crippen LogP) is 1.49. The Morgan fingerprint density at radius 2 is 2.18 bits per heavy atom. The molecule has 0 unspecified atom stereocenters. The topological polar surface area (TPSA) is 108 Å². The molecule has 0 saturated carbocycles. The molecule has 2 heterocycles. The van der Waals surface area contributed by atoms with Gasteiger partial charge in [0, 0.05) is 31.6 Å². The van der Waals surface area contributed by atoms with Crippen molar-refractivity contribution in [2.24, 2.45) is 0 Å². The summed E-state index contributed by atoms with van der Waals surface area (Å²) >= 11 is 7.27. The van der Waals surface area contributed by atoms with Gasteiger partial charge >= 0.3 is 0 Å². The zero-order valence-corrected chi connectivity index (χ0v) is 16.7. The lowest BCUT2D eigenvalue weighted by molar-refractivity contribution is -0.125. The Morgan fingerprint density at radius 1 is 1.39 bits per heavy atom. The zero-order chi connectivity index (χ0) is 20.3.